The highest BCUT2D eigenvalue weighted by Crippen LogP contribution is 2.31. The molecule has 1 aromatic carbocycles. The Balaban J connectivity index is 2.86. The van der Waals surface area contributed by atoms with Gasteiger partial charge in [-0.2, -0.15) is 0 Å². The zero-order valence-electron chi connectivity index (χ0n) is 14.1. The molecule has 0 saturated carbocycles. The first-order valence-corrected chi connectivity index (χ1v) is 8.12. The normalized spacial score (nSPS) is 11.5. The first kappa shape index (κ1) is 19.0. The molecule has 22 heavy (non-hydrogen) atoms. The summed E-state index contributed by atoms with van der Waals surface area (Å²) in [6, 6.07) is 3.52. The number of benzene rings is 1. The van der Waals surface area contributed by atoms with E-state index in [1.54, 1.807) is 26.4 Å². The van der Waals surface area contributed by atoms with Crippen molar-refractivity contribution in [3.05, 3.63) is 21.3 Å². The van der Waals surface area contributed by atoms with E-state index in [0.717, 1.165) is 10.1 Å². The minimum absolute atomic E-state index is 0.00114. The van der Waals surface area contributed by atoms with Crippen molar-refractivity contribution in [2.75, 3.05) is 41.4 Å². The van der Waals surface area contributed by atoms with Gasteiger partial charge in [0.05, 0.1) is 19.8 Å². The highest BCUT2D eigenvalue weighted by atomic mass is 127. The maximum absolute atomic E-state index is 12.4. The molecule has 0 radical (unpaired) electrons. The zero-order valence-corrected chi connectivity index (χ0v) is 16.3. The van der Waals surface area contributed by atoms with Crippen LogP contribution in [-0.4, -0.2) is 52.2 Å². The third-order valence-electron chi connectivity index (χ3n) is 3.19. The largest absolute Gasteiger partial charge is 0.493 e. The molecule has 124 valence electrons. The van der Waals surface area contributed by atoms with Crippen LogP contribution in [0, 0.1) is 8.99 Å². The van der Waals surface area contributed by atoms with Crippen molar-refractivity contribution < 1.29 is 14.3 Å². The van der Waals surface area contributed by atoms with E-state index in [4.69, 9.17) is 9.47 Å². The zero-order chi connectivity index (χ0) is 16.9. The summed E-state index contributed by atoms with van der Waals surface area (Å²) in [5, 5.41) is 3.01. The maximum atomic E-state index is 12.4. The second-order valence-electron chi connectivity index (χ2n) is 6.27. The molecule has 1 N–H and O–H groups in total. The molecule has 5 nitrogen and oxygen atoms in total. The number of halogens is 1. The Morgan fingerprint density at radius 1 is 1.23 bits per heavy atom. The van der Waals surface area contributed by atoms with Gasteiger partial charge in [-0.05, 0) is 54.2 Å². The van der Waals surface area contributed by atoms with Gasteiger partial charge in [0, 0.05) is 16.7 Å². The van der Waals surface area contributed by atoms with Crippen LogP contribution in [0.1, 0.15) is 24.2 Å². The van der Waals surface area contributed by atoms with E-state index in [1.165, 1.54) is 0 Å². The highest BCUT2D eigenvalue weighted by Gasteiger charge is 2.21. The van der Waals surface area contributed by atoms with E-state index in [0.29, 0.717) is 23.6 Å². The summed E-state index contributed by atoms with van der Waals surface area (Å²) in [5.41, 5.74) is 0.597. The average Bonchev–Trinajstić information content (AvgIpc) is 2.43. The summed E-state index contributed by atoms with van der Waals surface area (Å²) in [4.78, 5) is 14.6. The third-order valence-corrected chi connectivity index (χ3v) is 4.08. The van der Waals surface area contributed by atoms with Crippen LogP contribution in [0.3, 0.4) is 0 Å². The number of rotatable bonds is 7. The summed E-state index contributed by atoms with van der Waals surface area (Å²) < 4.78 is 11.3. The fourth-order valence-corrected chi connectivity index (χ4v) is 3.04. The number of ether oxygens (including phenoxy) is 2. The molecule has 1 aromatic rings. The van der Waals surface area contributed by atoms with Gasteiger partial charge in [0.1, 0.15) is 0 Å². The summed E-state index contributed by atoms with van der Waals surface area (Å²) in [6.07, 6.45) is 0. The first-order chi connectivity index (χ1) is 10.2. The number of nitrogens with one attached hydrogen (secondary N) is 1. The predicted molar refractivity (Wildman–Crippen MR) is 96.9 cm³/mol. The van der Waals surface area contributed by atoms with E-state index < -0.39 is 0 Å². The number of hydrogen-bond acceptors (Lipinski definition) is 4. The molecule has 0 aliphatic rings. The van der Waals surface area contributed by atoms with Gasteiger partial charge >= 0.3 is 0 Å². The lowest BCUT2D eigenvalue weighted by Crippen LogP contribution is -2.40. The number of nitrogens with zero attached hydrogens (tertiary/aromatic N) is 1. The molecule has 6 heteroatoms. The summed E-state index contributed by atoms with van der Waals surface area (Å²) in [5.74, 6) is 1.08. The SMILES string of the molecule is COc1cc(I)c(C(=O)NCC(C)(C)CN(C)C)cc1OC. The molecule has 0 saturated heterocycles. The molecule has 0 spiro atoms. The first-order valence-electron chi connectivity index (χ1n) is 7.04. The van der Waals surface area contributed by atoms with Gasteiger partial charge in [-0.25, -0.2) is 0 Å². The van der Waals surface area contributed by atoms with Gasteiger partial charge in [-0.1, -0.05) is 13.8 Å². The van der Waals surface area contributed by atoms with Gasteiger partial charge in [0.15, 0.2) is 11.5 Å². The lowest BCUT2D eigenvalue weighted by Gasteiger charge is -2.28. The standard InChI is InChI=1S/C16H25IN2O3/c1-16(2,10-19(3)4)9-18-15(20)11-7-13(21-5)14(22-6)8-12(11)17/h7-8H,9-10H2,1-6H3,(H,18,20). The summed E-state index contributed by atoms with van der Waals surface area (Å²) in [6.45, 7) is 5.77. The Morgan fingerprint density at radius 3 is 2.27 bits per heavy atom. The van der Waals surface area contributed by atoms with Crippen molar-refractivity contribution >= 4 is 28.5 Å². The molecule has 0 atom stereocenters. The molecule has 0 fully saturated rings. The van der Waals surface area contributed by atoms with Crippen LogP contribution >= 0.6 is 22.6 Å². The predicted octanol–water partition coefficient (Wildman–Crippen LogP) is 2.63. The van der Waals surface area contributed by atoms with E-state index in [2.05, 4.69) is 46.7 Å². The number of methoxy groups -OCH3 is 2. The van der Waals surface area contributed by atoms with Crippen LogP contribution < -0.4 is 14.8 Å². The van der Waals surface area contributed by atoms with Crippen molar-refractivity contribution in [3.63, 3.8) is 0 Å². The lowest BCUT2D eigenvalue weighted by molar-refractivity contribution is 0.0928. The lowest BCUT2D eigenvalue weighted by atomic mass is 9.93. The molecule has 0 aromatic heterocycles. The number of hydrogen-bond donors (Lipinski definition) is 1. The van der Waals surface area contributed by atoms with Crippen LogP contribution in [0.2, 0.25) is 0 Å². The Morgan fingerprint density at radius 2 is 1.77 bits per heavy atom. The molecule has 0 aliphatic carbocycles. The van der Waals surface area contributed by atoms with E-state index >= 15 is 0 Å². The van der Waals surface area contributed by atoms with Crippen LogP contribution in [-0.2, 0) is 0 Å². The summed E-state index contributed by atoms with van der Waals surface area (Å²) in [7, 11) is 7.20. The Hall–Kier alpha value is -1.02. The van der Waals surface area contributed by atoms with Crippen molar-refractivity contribution in [1.82, 2.24) is 10.2 Å². The Bertz CT molecular complexity index is 530. The number of carbonyl (C=O) groups is 1. The van der Waals surface area contributed by atoms with Gasteiger partial charge in [-0.15, -0.1) is 0 Å². The van der Waals surface area contributed by atoms with Gasteiger partial charge in [-0.3, -0.25) is 4.79 Å². The minimum atomic E-state index is -0.0998. The maximum Gasteiger partial charge on any atom is 0.252 e. The molecule has 1 rings (SSSR count). The minimum Gasteiger partial charge on any atom is -0.493 e. The van der Waals surface area contributed by atoms with Gasteiger partial charge in [0.25, 0.3) is 5.91 Å². The molecule has 1 amide bonds. The quantitative estimate of drug-likeness (QED) is 0.690. The van der Waals surface area contributed by atoms with Crippen molar-refractivity contribution in [2.45, 2.75) is 13.8 Å². The van der Waals surface area contributed by atoms with E-state index in [9.17, 15) is 4.79 Å². The number of carbonyl (C=O) groups excluding carboxylic acids is 1. The number of amides is 1. The fourth-order valence-electron chi connectivity index (χ4n) is 2.35. The fraction of sp³-hybridized carbons (Fsp3) is 0.562. The monoisotopic (exact) mass is 420 g/mol. The van der Waals surface area contributed by atoms with Gasteiger partial charge in [0.2, 0.25) is 0 Å². The van der Waals surface area contributed by atoms with Crippen molar-refractivity contribution in [3.8, 4) is 11.5 Å². The van der Waals surface area contributed by atoms with E-state index in [1.807, 2.05) is 14.1 Å². The molecule has 0 bridgehead atoms. The molecular formula is C16H25IN2O3. The van der Waals surface area contributed by atoms with Crippen molar-refractivity contribution in [1.29, 1.82) is 0 Å². The van der Waals surface area contributed by atoms with E-state index in [-0.39, 0.29) is 11.3 Å². The van der Waals surface area contributed by atoms with Gasteiger partial charge < -0.3 is 19.7 Å². The molecule has 0 aliphatic heterocycles. The van der Waals surface area contributed by atoms with Crippen LogP contribution in [0.4, 0.5) is 0 Å². The average molecular weight is 420 g/mol. The summed E-state index contributed by atoms with van der Waals surface area (Å²) >= 11 is 2.13. The molecule has 0 heterocycles. The van der Waals surface area contributed by atoms with Crippen molar-refractivity contribution in [2.24, 2.45) is 5.41 Å². The second-order valence-corrected chi connectivity index (χ2v) is 7.43. The molecule has 0 unspecified atom stereocenters. The highest BCUT2D eigenvalue weighted by molar-refractivity contribution is 14.1. The van der Waals surface area contributed by atoms with Crippen LogP contribution in [0.5, 0.6) is 11.5 Å². The third kappa shape index (κ3) is 5.31. The topological polar surface area (TPSA) is 50.8 Å². The van der Waals surface area contributed by atoms with Crippen LogP contribution in [0.25, 0.3) is 0 Å². The van der Waals surface area contributed by atoms with Crippen LogP contribution in [0.15, 0.2) is 12.1 Å². The smallest absolute Gasteiger partial charge is 0.252 e. The Kier molecular flexibility index (Phi) is 6.93. The second kappa shape index (κ2) is 8.01. The molecular weight excluding hydrogens is 395 g/mol. The Labute approximate surface area is 146 Å².